The molecule has 0 unspecified atom stereocenters. The monoisotopic (exact) mass is 821 g/mol. The zero-order valence-electron chi connectivity index (χ0n) is 28.6. The van der Waals surface area contributed by atoms with Crippen LogP contribution in [0.3, 0.4) is 0 Å². The maximum Gasteiger partial charge on any atom is 3.00 e. The van der Waals surface area contributed by atoms with E-state index in [0.29, 0.717) is 34.3 Å². The molecular formula is C32H19CrN8Na2O11S. The second-order valence-corrected chi connectivity index (χ2v) is 11.8. The molecule has 0 fully saturated rings. The van der Waals surface area contributed by atoms with E-state index in [0.717, 1.165) is 18.2 Å². The number of fused-ring (bicyclic) bond motifs is 1. The maximum absolute atomic E-state index is 12.4. The summed E-state index contributed by atoms with van der Waals surface area (Å²) in [6.07, 6.45) is 0. The minimum Gasteiger partial charge on any atom is -0.871 e. The van der Waals surface area contributed by atoms with Crippen LogP contribution in [0.5, 0.6) is 23.1 Å². The predicted molar refractivity (Wildman–Crippen MR) is 173 cm³/mol. The van der Waals surface area contributed by atoms with Crippen LogP contribution >= 0.6 is 0 Å². The standard InChI is InChI=1S/C16H13N5O4.C16H11N3O7S.Cr.2Na/c1-10-15(16(23)20(19-10)11-5-3-2-4-6-11)18-17-13-9-12(21(24)25)7-8-14(13)22;20-13-6-5-9-3-1-2-4-11(9)15(13)18-17-12-7-10(19(22)23)8-14(16(12)21)27(24,25)26;;;/h2-9,22-23H,1H3;1-8,20-21H,(H,24,25,26);;;/q;;+3;2*+1/p-5. The van der Waals surface area contributed by atoms with Gasteiger partial charge in [0.1, 0.15) is 15.8 Å². The third-order valence-corrected chi connectivity index (χ3v) is 7.86. The predicted octanol–water partition coefficient (Wildman–Crippen LogP) is -1.13. The average molecular weight is 822 g/mol. The molecule has 0 spiro atoms. The first-order valence-corrected chi connectivity index (χ1v) is 15.8. The summed E-state index contributed by atoms with van der Waals surface area (Å²) in [6, 6.07) is 22.4. The zero-order chi connectivity index (χ0) is 37.7. The van der Waals surface area contributed by atoms with Crippen LogP contribution < -0.4 is 79.5 Å². The molecule has 0 saturated heterocycles. The fourth-order valence-electron chi connectivity index (χ4n) is 4.54. The van der Waals surface area contributed by atoms with Crippen molar-refractivity contribution in [2.24, 2.45) is 20.5 Å². The third kappa shape index (κ3) is 10.9. The second kappa shape index (κ2) is 19.7. The molecule has 0 aliphatic carbocycles. The van der Waals surface area contributed by atoms with E-state index in [1.165, 1.54) is 10.7 Å². The Kier molecular flexibility index (Phi) is 16.6. The van der Waals surface area contributed by atoms with Crippen LogP contribution in [0.4, 0.5) is 34.1 Å². The molecule has 0 aliphatic rings. The van der Waals surface area contributed by atoms with Gasteiger partial charge in [-0.25, -0.2) is 13.1 Å². The van der Waals surface area contributed by atoms with Crippen LogP contribution in [0.15, 0.2) is 122 Å². The van der Waals surface area contributed by atoms with E-state index in [-0.39, 0.29) is 99.2 Å². The van der Waals surface area contributed by atoms with Gasteiger partial charge in [-0.3, -0.25) is 20.2 Å². The molecule has 1 aromatic heterocycles. The molecule has 6 rings (SSSR count). The Labute approximate surface area is 365 Å². The van der Waals surface area contributed by atoms with Gasteiger partial charge in [0.25, 0.3) is 11.4 Å². The van der Waals surface area contributed by atoms with Crippen LogP contribution in [-0.4, -0.2) is 32.6 Å². The molecule has 267 valence electrons. The minimum absolute atomic E-state index is 0. The molecule has 0 aliphatic heterocycles. The van der Waals surface area contributed by atoms with Crippen LogP contribution in [0, 0.1) is 27.2 Å². The Morgan fingerprint density at radius 2 is 1.24 bits per heavy atom. The summed E-state index contributed by atoms with van der Waals surface area (Å²) in [4.78, 5) is 18.8. The SMILES string of the molecule is Cc1nn(-c2ccccc2)c([O-])c1N=Nc1cc([N+](=O)[O-])ccc1[O-].O=[N+]([O-])c1cc(N=Nc2c([O-])ccc3ccccc23)c([O-])c(S(=O)(=O)[O-])c1.[Cr+3].[Na+].[Na+]. The van der Waals surface area contributed by atoms with Gasteiger partial charge in [-0.1, -0.05) is 77.9 Å². The van der Waals surface area contributed by atoms with Gasteiger partial charge >= 0.3 is 76.5 Å². The number of rotatable bonds is 8. The molecule has 0 saturated carbocycles. The van der Waals surface area contributed by atoms with Crippen molar-refractivity contribution in [3.8, 4) is 28.8 Å². The summed E-state index contributed by atoms with van der Waals surface area (Å²) in [5.41, 5.74) is -1.34. The molecule has 19 nitrogen and oxygen atoms in total. The first-order valence-electron chi connectivity index (χ1n) is 14.4. The summed E-state index contributed by atoms with van der Waals surface area (Å²) in [7, 11) is -5.27. The number of hydrogen-bond donors (Lipinski definition) is 0. The third-order valence-electron chi connectivity index (χ3n) is 7.02. The number of nitro benzene ring substituents is 2. The fourth-order valence-corrected chi connectivity index (χ4v) is 5.14. The van der Waals surface area contributed by atoms with E-state index in [1.54, 1.807) is 61.5 Å². The largest absolute Gasteiger partial charge is 3.00 e. The number of azo groups is 2. The molecule has 1 heterocycles. The van der Waals surface area contributed by atoms with Crippen molar-refractivity contribution in [1.29, 1.82) is 0 Å². The van der Waals surface area contributed by atoms with Gasteiger partial charge in [0.15, 0.2) is 0 Å². The number of benzene rings is 5. The normalized spacial score (nSPS) is 10.9. The summed E-state index contributed by atoms with van der Waals surface area (Å²) in [5.74, 6) is -2.89. The molecule has 23 heteroatoms. The Morgan fingerprint density at radius 3 is 1.87 bits per heavy atom. The van der Waals surface area contributed by atoms with Crippen molar-refractivity contribution in [3.05, 3.63) is 123 Å². The Balaban J connectivity index is 0.000000361. The molecule has 0 atom stereocenters. The number of para-hydroxylation sites is 1. The summed E-state index contributed by atoms with van der Waals surface area (Å²) < 4.78 is 34.7. The van der Waals surface area contributed by atoms with Crippen molar-refractivity contribution in [2.45, 2.75) is 11.8 Å². The zero-order valence-corrected chi connectivity index (χ0v) is 34.7. The van der Waals surface area contributed by atoms with Crippen LogP contribution in [0.25, 0.3) is 16.5 Å². The van der Waals surface area contributed by atoms with Crippen molar-refractivity contribution in [3.63, 3.8) is 0 Å². The smallest absolute Gasteiger partial charge is 0.871 e. The molecule has 0 N–H and O–H groups in total. The topological polar surface area (TPSA) is 303 Å². The Bertz CT molecular complexity index is 2540. The van der Waals surface area contributed by atoms with Gasteiger partial charge in [0.2, 0.25) is 0 Å². The van der Waals surface area contributed by atoms with Crippen LogP contribution in [0.1, 0.15) is 5.69 Å². The maximum atomic E-state index is 12.4. The number of non-ortho nitro benzene ring substituents is 2. The number of aryl methyl sites for hydroxylation is 1. The van der Waals surface area contributed by atoms with E-state index in [1.807, 2.05) is 6.07 Å². The van der Waals surface area contributed by atoms with E-state index in [4.69, 9.17) is 0 Å². The van der Waals surface area contributed by atoms with Gasteiger partial charge < -0.3 is 25.0 Å². The summed E-state index contributed by atoms with van der Waals surface area (Å²) in [5, 5.41) is 89.9. The molecule has 0 bridgehead atoms. The van der Waals surface area contributed by atoms with E-state index in [2.05, 4.69) is 25.6 Å². The minimum atomic E-state index is -5.27. The van der Waals surface area contributed by atoms with Gasteiger partial charge in [0, 0.05) is 35.5 Å². The number of hydrogen-bond acceptors (Lipinski definition) is 16. The molecular weight excluding hydrogens is 802 g/mol. The Hall–Kier alpha value is -4.79. The van der Waals surface area contributed by atoms with Gasteiger partial charge in [0.05, 0.1) is 43.2 Å². The fraction of sp³-hybridized carbons (Fsp3) is 0.0312. The van der Waals surface area contributed by atoms with Crippen molar-refractivity contribution >= 4 is 55.0 Å². The van der Waals surface area contributed by atoms with Crippen molar-refractivity contribution < 1.29 is 120 Å². The second-order valence-electron chi connectivity index (χ2n) is 10.4. The van der Waals surface area contributed by atoms with E-state index >= 15 is 0 Å². The Morgan fingerprint density at radius 1 is 0.673 bits per heavy atom. The van der Waals surface area contributed by atoms with Crippen LogP contribution in [0.2, 0.25) is 0 Å². The van der Waals surface area contributed by atoms with Gasteiger partial charge in [-0.05, 0) is 24.4 Å². The summed E-state index contributed by atoms with van der Waals surface area (Å²) >= 11 is 0. The van der Waals surface area contributed by atoms with E-state index < -0.39 is 59.4 Å². The quantitative estimate of drug-likeness (QED) is 0.0579. The first-order chi connectivity index (χ1) is 24.6. The van der Waals surface area contributed by atoms with Gasteiger partial charge in [-0.2, -0.15) is 20.4 Å². The molecule has 5 aromatic carbocycles. The van der Waals surface area contributed by atoms with E-state index in [9.17, 15) is 53.6 Å². The van der Waals surface area contributed by atoms with Crippen LogP contribution in [-0.2, 0) is 27.5 Å². The summed E-state index contributed by atoms with van der Waals surface area (Å²) in [6.45, 7) is 1.58. The first kappa shape index (κ1) is 46.4. The number of aromatic nitrogens is 2. The molecule has 55 heavy (non-hydrogen) atoms. The molecule has 0 amide bonds. The number of nitro groups is 2. The molecule has 1 radical (unpaired) electrons. The van der Waals surface area contributed by atoms with Gasteiger partial charge in [-0.15, -0.1) is 5.11 Å². The average Bonchev–Trinajstić information content (AvgIpc) is 3.40. The van der Waals surface area contributed by atoms with Crippen molar-refractivity contribution in [2.75, 3.05) is 0 Å². The van der Waals surface area contributed by atoms with Crippen molar-refractivity contribution in [1.82, 2.24) is 9.78 Å². The number of nitrogens with zero attached hydrogens (tertiary/aromatic N) is 8. The molecule has 6 aromatic rings.